The summed E-state index contributed by atoms with van der Waals surface area (Å²) in [5.74, 6) is 0.458. The van der Waals surface area contributed by atoms with E-state index in [2.05, 4.69) is 19.2 Å². The Hall–Kier alpha value is -0.610. The molecule has 0 heterocycles. The van der Waals surface area contributed by atoms with Gasteiger partial charge in [0.25, 0.3) is 0 Å². The largest absolute Gasteiger partial charge is 0.368 e. The molecule has 0 aliphatic heterocycles. The molecule has 1 fully saturated rings. The van der Waals surface area contributed by atoms with Crippen LogP contribution in [-0.4, -0.2) is 31.2 Å². The standard InChI is InChI=1S/C12H24N2O2/c1-9(2)7-14-12(15)8-16-11-5-3-4-10(13)6-11/h9-11H,3-8,13H2,1-2H3,(H,14,15). The molecule has 0 radical (unpaired) electrons. The summed E-state index contributed by atoms with van der Waals surface area (Å²) in [6.07, 6.45) is 4.29. The molecule has 16 heavy (non-hydrogen) atoms. The second kappa shape index (κ2) is 6.86. The van der Waals surface area contributed by atoms with Crippen LogP contribution in [0, 0.1) is 5.92 Å². The van der Waals surface area contributed by atoms with Gasteiger partial charge in [-0.3, -0.25) is 4.79 Å². The molecule has 2 atom stereocenters. The van der Waals surface area contributed by atoms with Gasteiger partial charge in [0.05, 0.1) is 6.10 Å². The van der Waals surface area contributed by atoms with Gasteiger partial charge in [-0.15, -0.1) is 0 Å². The zero-order chi connectivity index (χ0) is 12.0. The minimum absolute atomic E-state index is 0.0205. The van der Waals surface area contributed by atoms with E-state index < -0.39 is 0 Å². The predicted molar refractivity (Wildman–Crippen MR) is 64.0 cm³/mol. The van der Waals surface area contributed by atoms with Crippen molar-refractivity contribution < 1.29 is 9.53 Å². The second-order valence-corrected chi connectivity index (χ2v) is 5.06. The first-order valence-electron chi connectivity index (χ1n) is 6.21. The molecule has 1 amide bonds. The van der Waals surface area contributed by atoms with Gasteiger partial charge in [0.2, 0.25) is 5.91 Å². The van der Waals surface area contributed by atoms with Crippen LogP contribution in [0.15, 0.2) is 0 Å². The molecule has 1 aliphatic rings. The number of hydrogen-bond acceptors (Lipinski definition) is 3. The average molecular weight is 228 g/mol. The van der Waals surface area contributed by atoms with Crippen molar-refractivity contribution in [3.8, 4) is 0 Å². The van der Waals surface area contributed by atoms with E-state index in [0.717, 1.165) is 25.7 Å². The van der Waals surface area contributed by atoms with Crippen LogP contribution in [0.3, 0.4) is 0 Å². The van der Waals surface area contributed by atoms with Crippen LogP contribution in [0.4, 0.5) is 0 Å². The molecule has 0 spiro atoms. The Balaban J connectivity index is 2.11. The maximum Gasteiger partial charge on any atom is 0.246 e. The zero-order valence-corrected chi connectivity index (χ0v) is 10.4. The van der Waals surface area contributed by atoms with Crippen molar-refractivity contribution in [3.63, 3.8) is 0 Å². The molecule has 2 unspecified atom stereocenters. The molecule has 1 saturated carbocycles. The highest BCUT2D eigenvalue weighted by molar-refractivity contribution is 5.77. The number of ether oxygens (including phenoxy) is 1. The lowest BCUT2D eigenvalue weighted by Crippen LogP contribution is -2.36. The molecule has 0 aromatic carbocycles. The van der Waals surface area contributed by atoms with E-state index >= 15 is 0 Å². The van der Waals surface area contributed by atoms with E-state index in [9.17, 15) is 4.79 Å². The Morgan fingerprint density at radius 3 is 2.88 bits per heavy atom. The van der Waals surface area contributed by atoms with Crippen molar-refractivity contribution in [2.75, 3.05) is 13.2 Å². The van der Waals surface area contributed by atoms with Crippen molar-refractivity contribution in [2.24, 2.45) is 11.7 Å². The van der Waals surface area contributed by atoms with Crippen LogP contribution in [0.5, 0.6) is 0 Å². The van der Waals surface area contributed by atoms with Crippen molar-refractivity contribution in [2.45, 2.75) is 51.7 Å². The molecule has 0 saturated heterocycles. The zero-order valence-electron chi connectivity index (χ0n) is 10.4. The lowest BCUT2D eigenvalue weighted by molar-refractivity contribution is -0.128. The van der Waals surface area contributed by atoms with Crippen LogP contribution >= 0.6 is 0 Å². The van der Waals surface area contributed by atoms with E-state index in [1.54, 1.807) is 0 Å². The monoisotopic (exact) mass is 228 g/mol. The lowest BCUT2D eigenvalue weighted by atomic mass is 9.94. The molecule has 1 aliphatic carbocycles. The van der Waals surface area contributed by atoms with Crippen molar-refractivity contribution in [1.82, 2.24) is 5.32 Å². The minimum Gasteiger partial charge on any atom is -0.368 e. The predicted octanol–water partition coefficient (Wildman–Crippen LogP) is 1.05. The van der Waals surface area contributed by atoms with Gasteiger partial charge in [-0.1, -0.05) is 13.8 Å². The van der Waals surface area contributed by atoms with Gasteiger partial charge in [-0.2, -0.15) is 0 Å². The van der Waals surface area contributed by atoms with Gasteiger partial charge in [0.15, 0.2) is 0 Å². The van der Waals surface area contributed by atoms with Crippen LogP contribution in [-0.2, 0) is 9.53 Å². The lowest BCUT2D eigenvalue weighted by Gasteiger charge is -2.26. The summed E-state index contributed by atoms with van der Waals surface area (Å²) in [6.45, 7) is 5.03. The third kappa shape index (κ3) is 5.47. The maximum atomic E-state index is 11.4. The Morgan fingerprint density at radius 1 is 1.50 bits per heavy atom. The molecule has 94 valence electrons. The first-order chi connectivity index (χ1) is 7.58. The summed E-state index contributed by atoms with van der Waals surface area (Å²) in [5.41, 5.74) is 5.85. The van der Waals surface area contributed by atoms with Gasteiger partial charge < -0.3 is 15.8 Å². The van der Waals surface area contributed by atoms with Crippen molar-refractivity contribution in [3.05, 3.63) is 0 Å². The number of hydrogen-bond donors (Lipinski definition) is 2. The number of nitrogens with two attached hydrogens (primary N) is 1. The molecule has 0 bridgehead atoms. The molecular weight excluding hydrogens is 204 g/mol. The summed E-state index contributed by atoms with van der Waals surface area (Å²) < 4.78 is 5.56. The maximum absolute atomic E-state index is 11.4. The van der Waals surface area contributed by atoms with Crippen LogP contribution in [0.1, 0.15) is 39.5 Å². The highest BCUT2D eigenvalue weighted by Gasteiger charge is 2.20. The molecule has 0 aromatic rings. The van der Waals surface area contributed by atoms with Crippen molar-refractivity contribution in [1.29, 1.82) is 0 Å². The smallest absolute Gasteiger partial charge is 0.246 e. The number of carbonyl (C=O) groups is 1. The Labute approximate surface area is 97.9 Å². The van der Waals surface area contributed by atoms with E-state index in [-0.39, 0.29) is 24.7 Å². The van der Waals surface area contributed by atoms with E-state index in [1.807, 2.05) is 0 Å². The summed E-state index contributed by atoms with van der Waals surface area (Å²) in [5, 5.41) is 2.84. The fourth-order valence-electron chi connectivity index (χ4n) is 1.89. The van der Waals surface area contributed by atoms with E-state index in [4.69, 9.17) is 10.5 Å². The first-order valence-corrected chi connectivity index (χ1v) is 6.21. The highest BCUT2D eigenvalue weighted by Crippen LogP contribution is 2.19. The molecule has 0 aromatic heterocycles. The molecular formula is C12H24N2O2. The van der Waals surface area contributed by atoms with E-state index in [0.29, 0.717) is 12.5 Å². The molecule has 3 N–H and O–H groups in total. The molecule has 4 nitrogen and oxygen atoms in total. The Morgan fingerprint density at radius 2 is 2.25 bits per heavy atom. The normalized spacial score (nSPS) is 25.8. The summed E-state index contributed by atoms with van der Waals surface area (Å²) >= 11 is 0. The van der Waals surface area contributed by atoms with Crippen LogP contribution in [0.25, 0.3) is 0 Å². The minimum atomic E-state index is -0.0205. The van der Waals surface area contributed by atoms with Gasteiger partial charge in [-0.25, -0.2) is 0 Å². The summed E-state index contributed by atoms with van der Waals surface area (Å²) in [4.78, 5) is 11.4. The van der Waals surface area contributed by atoms with E-state index in [1.165, 1.54) is 0 Å². The number of amides is 1. The number of nitrogens with one attached hydrogen (secondary N) is 1. The Kier molecular flexibility index (Phi) is 5.77. The van der Waals surface area contributed by atoms with Crippen LogP contribution < -0.4 is 11.1 Å². The van der Waals surface area contributed by atoms with Crippen LogP contribution in [0.2, 0.25) is 0 Å². The topological polar surface area (TPSA) is 64.3 Å². The summed E-state index contributed by atoms with van der Waals surface area (Å²) in [7, 11) is 0. The second-order valence-electron chi connectivity index (χ2n) is 5.06. The first kappa shape index (κ1) is 13.5. The molecule has 1 rings (SSSR count). The average Bonchev–Trinajstić information content (AvgIpc) is 2.23. The Bertz CT molecular complexity index is 219. The van der Waals surface area contributed by atoms with Gasteiger partial charge in [-0.05, 0) is 31.6 Å². The number of rotatable bonds is 5. The summed E-state index contributed by atoms with van der Waals surface area (Å²) in [6, 6.07) is 0.248. The third-order valence-electron chi connectivity index (χ3n) is 2.82. The highest BCUT2D eigenvalue weighted by atomic mass is 16.5. The molecule has 4 heteroatoms. The fraction of sp³-hybridized carbons (Fsp3) is 0.917. The van der Waals surface area contributed by atoms with Crippen molar-refractivity contribution >= 4 is 5.91 Å². The van der Waals surface area contributed by atoms with Gasteiger partial charge in [0, 0.05) is 12.6 Å². The fourth-order valence-corrected chi connectivity index (χ4v) is 1.89. The third-order valence-corrected chi connectivity index (χ3v) is 2.82. The number of carbonyl (C=O) groups excluding carboxylic acids is 1. The quantitative estimate of drug-likeness (QED) is 0.739. The van der Waals surface area contributed by atoms with Gasteiger partial charge in [0.1, 0.15) is 6.61 Å². The van der Waals surface area contributed by atoms with Gasteiger partial charge >= 0.3 is 0 Å². The SMILES string of the molecule is CC(C)CNC(=O)COC1CCCC(N)C1.